The van der Waals surface area contributed by atoms with E-state index in [2.05, 4.69) is 26.7 Å². The van der Waals surface area contributed by atoms with Gasteiger partial charge >= 0.3 is 0 Å². The van der Waals surface area contributed by atoms with Crippen molar-refractivity contribution in [3.63, 3.8) is 0 Å². The highest BCUT2D eigenvalue weighted by Gasteiger charge is 2.34. The molecular weight excluding hydrogens is 498 g/mol. The van der Waals surface area contributed by atoms with E-state index in [1.165, 1.54) is 35.2 Å². The smallest absolute Gasteiger partial charge is 0.263 e. The zero-order chi connectivity index (χ0) is 25.3. The van der Waals surface area contributed by atoms with E-state index in [1.54, 1.807) is 27.3 Å². The summed E-state index contributed by atoms with van der Waals surface area (Å²) in [4.78, 5) is 35.7. The highest BCUT2D eigenvalue weighted by molar-refractivity contribution is 7.93. The van der Waals surface area contributed by atoms with Crippen LogP contribution in [0.5, 0.6) is 0 Å². The quantitative estimate of drug-likeness (QED) is 0.531. The van der Waals surface area contributed by atoms with Gasteiger partial charge in [-0.1, -0.05) is 18.2 Å². The average Bonchev–Trinajstić information content (AvgIpc) is 3.40. The van der Waals surface area contributed by atoms with E-state index in [-0.39, 0.29) is 34.4 Å². The molecule has 2 aliphatic heterocycles. The first-order valence-corrected chi connectivity index (χ1v) is 14.2. The number of fused-ring (bicyclic) bond motifs is 1. The first-order chi connectivity index (χ1) is 17.3. The number of aromatic nitrogens is 1. The van der Waals surface area contributed by atoms with Crippen molar-refractivity contribution in [3.05, 3.63) is 65.7 Å². The normalized spacial score (nSPS) is 17.0. The lowest BCUT2D eigenvalue weighted by molar-refractivity contribution is -0.137. The fraction of sp³-hybridized carbons (Fsp3) is 0.320. The standard InChI is InChI=1S/C25H27N5O4S2/c1-18(29-13-4-6-19-5-2-3-7-22(19)29)24(32)28-14-15-30(23(31)17-28)20-8-10-21(11-9-20)36(33,34)27-25-26-12-16-35-25/h2-3,5,7-12,16,18H,4,6,13-15,17H2,1H3,(H,26,27)/t18-/m1/s1. The number of rotatable bonds is 6. The molecule has 0 radical (unpaired) electrons. The Morgan fingerprint density at radius 1 is 1.08 bits per heavy atom. The number of anilines is 3. The Labute approximate surface area is 214 Å². The Bertz CT molecular complexity index is 1360. The van der Waals surface area contributed by atoms with Crippen molar-refractivity contribution in [2.24, 2.45) is 0 Å². The van der Waals surface area contributed by atoms with Crippen LogP contribution in [0.4, 0.5) is 16.5 Å². The van der Waals surface area contributed by atoms with Gasteiger partial charge in [-0.2, -0.15) is 0 Å². The zero-order valence-corrected chi connectivity index (χ0v) is 21.5. The molecule has 2 amide bonds. The lowest BCUT2D eigenvalue weighted by atomic mass is 10.00. The fourth-order valence-corrected chi connectivity index (χ4v) is 6.54. The van der Waals surface area contributed by atoms with Gasteiger partial charge in [-0.25, -0.2) is 13.4 Å². The van der Waals surface area contributed by atoms with Gasteiger partial charge in [0.05, 0.1) is 4.90 Å². The Balaban J connectivity index is 1.23. The van der Waals surface area contributed by atoms with Crippen LogP contribution < -0.4 is 14.5 Å². The Morgan fingerprint density at radius 3 is 2.58 bits per heavy atom. The number of hydrogen-bond acceptors (Lipinski definition) is 7. The average molecular weight is 526 g/mol. The van der Waals surface area contributed by atoms with E-state index in [9.17, 15) is 18.0 Å². The first-order valence-electron chi connectivity index (χ1n) is 11.8. The number of nitrogens with one attached hydrogen (secondary N) is 1. The number of aryl methyl sites for hydroxylation is 1. The second-order valence-corrected chi connectivity index (χ2v) is 11.4. The van der Waals surface area contributed by atoms with Gasteiger partial charge in [-0.3, -0.25) is 14.3 Å². The summed E-state index contributed by atoms with van der Waals surface area (Å²) in [5, 5.41) is 1.97. The van der Waals surface area contributed by atoms with Crippen LogP contribution in [0, 0.1) is 0 Å². The van der Waals surface area contributed by atoms with E-state index in [0.29, 0.717) is 18.8 Å². The van der Waals surface area contributed by atoms with Crippen LogP contribution in [0.1, 0.15) is 18.9 Å². The molecule has 1 saturated heterocycles. The Hall–Kier alpha value is -3.44. The van der Waals surface area contributed by atoms with Gasteiger partial charge in [-0.15, -0.1) is 11.3 Å². The predicted octanol–water partition coefficient (Wildman–Crippen LogP) is 2.96. The van der Waals surface area contributed by atoms with Gasteiger partial charge < -0.3 is 14.7 Å². The molecule has 3 aromatic rings. The molecule has 9 nitrogen and oxygen atoms in total. The van der Waals surface area contributed by atoms with Crippen LogP contribution in [0.3, 0.4) is 0 Å². The number of nitrogens with zero attached hydrogens (tertiary/aromatic N) is 4. The van der Waals surface area contributed by atoms with Crippen molar-refractivity contribution in [1.82, 2.24) is 9.88 Å². The SMILES string of the molecule is C[C@H](C(=O)N1CCN(c2ccc(S(=O)(=O)Nc3nccs3)cc2)C(=O)C1)N1CCCc2ccccc21. The van der Waals surface area contributed by atoms with Crippen LogP contribution in [-0.4, -0.2) is 62.3 Å². The maximum Gasteiger partial charge on any atom is 0.263 e. The van der Waals surface area contributed by atoms with Gasteiger partial charge in [0.2, 0.25) is 11.8 Å². The number of carbonyl (C=O) groups is 2. The lowest BCUT2D eigenvalue weighted by Crippen LogP contribution is -2.57. The van der Waals surface area contributed by atoms with E-state index in [1.807, 2.05) is 19.1 Å². The summed E-state index contributed by atoms with van der Waals surface area (Å²) >= 11 is 1.19. The highest BCUT2D eigenvalue weighted by atomic mass is 32.2. The Morgan fingerprint density at radius 2 is 1.86 bits per heavy atom. The monoisotopic (exact) mass is 525 g/mol. The molecule has 2 aromatic carbocycles. The summed E-state index contributed by atoms with van der Waals surface area (Å²) in [5.41, 5.74) is 2.93. The van der Waals surface area contributed by atoms with Crippen molar-refractivity contribution in [1.29, 1.82) is 0 Å². The van der Waals surface area contributed by atoms with E-state index < -0.39 is 10.0 Å². The minimum atomic E-state index is -3.77. The molecule has 1 fully saturated rings. The molecule has 2 aliphatic rings. The lowest BCUT2D eigenvalue weighted by Gasteiger charge is -2.40. The van der Waals surface area contributed by atoms with Crippen LogP contribution in [0.25, 0.3) is 0 Å². The summed E-state index contributed by atoms with van der Waals surface area (Å²) in [7, 11) is -3.77. The maximum absolute atomic E-state index is 13.3. The molecule has 36 heavy (non-hydrogen) atoms. The van der Waals surface area contributed by atoms with E-state index >= 15 is 0 Å². The molecule has 1 N–H and O–H groups in total. The zero-order valence-electron chi connectivity index (χ0n) is 19.8. The number of piperazine rings is 1. The second kappa shape index (κ2) is 9.90. The largest absolute Gasteiger partial charge is 0.360 e. The van der Waals surface area contributed by atoms with Crippen molar-refractivity contribution < 1.29 is 18.0 Å². The second-order valence-electron chi connectivity index (χ2n) is 8.84. The van der Waals surface area contributed by atoms with Crippen molar-refractivity contribution in [3.8, 4) is 0 Å². The number of hydrogen-bond donors (Lipinski definition) is 1. The van der Waals surface area contributed by atoms with Crippen LogP contribution in [-0.2, 0) is 26.0 Å². The minimum absolute atomic E-state index is 0.00961. The third-order valence-electron chi connectivity index (χ3n) is 6.62. The summed E-state index contributed by atoms with van der Waals surface area (Å²) in [5.74, 6) is -0.258. The predicted molar refractivity (Wildman–Crippen MR) is 140 cm³/mol. The van der Waals surface area contributed by atoms with Crippen molar-refractivity contribution >= 4 is 49.7 Å². The maximum atomic E-state index is 13.3. The molecule has 0 spiro atoms. The molecule has 5 rings (SSSR count). The van der Waals surface area contributed by atoms with E-state index in [0.717, 1.165) is 25.1 Å². The summed E-state index contributed by atoms with van der Waals surface area (Å²) in [6, 6.07) is 14.0. The fourth-order valence-electron chi connectivity index (χ4n) is 4.75. The van der Waals surface area contributed by atoms with E-state index in [4.69, 9.17) is 0 Å². The van der Waals surface area contributed by atoms with Crippen LogP contribution in [0.2, 0.25) is 0 Å². The summed E-state index contributed by atoms with van der Waals surface area (Å²) in [6.07, 6.45) is 3.52. The number of thiazole rings is 1. The van der Waals surface area contributed by atoms with Gasteiger partial charge in [0.1, 0.15) is 12.6 Å². The summed E-state index contributed by atoms with van der Waals surface area (Å²) in [6.45, 7) is 3.46. The number of carbonyl (C=O) groups excluding carboxylic acids is 2. The highest BCUT2D eigenvalue weighted by Crippen LogP contribution is 2.29. The van der Waals surface area contributed by atoms with Gasteiger partial charge in [0.25, 0.3) is 10.0 Å². The molecule has 3 heterocycles. The van der Waals surface area contributed by atoms with Gasteiger partial charge in [0, 0.05) is 42.6 Å². The molecule has 188 valence electrons. The number of para-hydroxylation sites is 1. The topological polar surface area (TPSA) is 103 Å². The molecule has 11 heteroatoms. The number of amides is 2. The summed E-state index contributed by atoms with van der Waals surface area (Å²) < 4.78 is 27.6. The molecule has 0 aliphatic carbocycles. The first kappa shape index (κ1) is 24.3. The van der Waals surface area contributed by atoms with Gasteiger partial charge in [0.15, 0.2) is 5.13 Å². The number of benzene rings is 2. The third kappa shape index (κ3) is 4.80. The van der Waals surface area contributed by atoms with Crippen molar-refractivity contribution in [2.75, 3.05) is 40.7 Å². The van der Waals surface area contributed by atoms with Crippen molar-refractivity contribution in [2.45, 2.75) is 30.7 Å². The molecule has 1 atom stereocenters. The molecule has 0 saturated carbocycles. The van der Waals surface area contributed by atoms with Crippen LogP contribution >= 0.6 is 11.3 Å². The van der Waals surface area contributed by atoms with Crippen LogP contribution in [0.15, 0.2) is 65.0 Å². The molecule has 1 aromatic heterocycles. The molecular formula is C25H27N5O4S2. The Kier molecular flexibility index (Phi) is 6.67. The molecule has 0 unspecified atom stereocenters. The molecule has 0 bridgehead atoms. The number of sulfonamides is 1. The minimum Gasteiger partial charge on any atom is -0.360 e. The third-order valence-corrected chi connectivity index (χ3v) is 8.79. The van der Waals surface area contributed by atoms with Gasteiger partial charge in [-0.05, 0) is 55.7 Å².